The molecule has 1 saturated carbocycles. The Balaban J connectivity index is 2.47. The van der Waals surface area contributed by atoms with Gasteiger partial charge in [-0.3, -0.25) is 4.79 Å². The molecule has 1 aliphatic rings. The van der Waals surface area contributed by atoms with Crippen molar-refractivity contribution in [2.24, 2.45) is 11.7 Å². The maximum atomic E-state index is 11.6. The van der Waals surface area contributed by atoms with Crippen LogP contribution in [0.5, 0.6) is 0 Å². The molecule has 0 saturated heterocycles. The number of nitrogens with two attached hydrogens (primary N) is 1. The zero-order chi connectivity index (χ0) is 12.7. The minimum atomic E-state index is -0.992. The van der Waals surface area contributed by atoms with Crippen molar-refractivity contribution in [3.63, 3.8) is 0 Å². The van der Waals surface area contributed by atoms with E-state index in [0.717, 1.165) is 6.42 Å². The third-order valence-electron chi connectivity index (χ3n) is 3.78. The summed E-state index contributed by atoms with van der Waals surface area (Å²) in [6, 6.07) is 0. The summed E-state index contributed by atoms with van der Waals surface area (Å²) >= 11 is 0. The maximum absolute atomic E-state index is 11.6. The minimum Gasteiger partial charge on any atom is -0.468 e. The molecule has 17 heavy (non-hydrogen) atoms. The number of ether oxygens (including phenoxy) is 1. The molecule has 98 valence electrons. The van der Waals surface area contributed by atoms with Gasteiger partial charge in [-0.1, -0.05) is 32.1 Å². The lowest BCUT2D eigenvalue weighted by Gasteiger charge is -2.28. The van der Waals surface area contributed by atoms with Crippen molar-refractivity contribution in [3.8, 4) is 0 Å². The van der Waals surface area contributed by atoms with Gasteiger partial charge >= 0.3 is 5.97 Å². The van der Waals surface area contributed by atoms with E-state index in [0.29, 0.717) is 12.3 Å². The van der Waals surface area contributed by atoms with E-state index in [1.54, 1.807) is 0 Å². The maximum Gasteiger partial charge on any atom is 0.326 e. The number of methoxy groups -OCH3 is 1. The molecule has 0 heterocycles. The Morgan fingerprint density at radius 3 is 2.65 bits per heavy atom. The van der Waals surface area contributed by atoms with Crippen LogP contribution in [0.2, 0.25) is 0 Å². The molecule has 4 heteroatoms. The first-order chi connectivity index (χ1) is 8.12. The van der Waals surface area contributed by atoms with E-state index < -0.39 is 11.5 Å². The highest BCUT2D eigenvalue weighted by Gasteiger charge is 2.34. The summed E-state index contributed by atoms with van der Waals surface area (Å²) in [7, 11) is 1.36. The number of carbonyl (C=O) groups is 1. The quantitative estimate of drug-likeness (QED) is 0.552. The molecule has 1 aliphatic carbocycles. The molecule has 0 unspecified atom stereocenters. The van der Waals surface area contributed by atoms with Crippen molar-refractivity contribution >= 4 is 12.2 Å². The molecule has 0 aliphatic heterocycles. The number of carbonyl (C=O) groups excluding carboxylic acids is 1. The van der Waals surface area contributed by atoms with Crippen molar-refractivity contribution in [1.82, 2.24) is 0 Å². The molecule has 1 rings (SSSR count). The molecule has 1 fully saturated rings. The van der Waals surface area contributed by atoms with Gasteiger partial charge in [0.25, 0.3) is 0 Å². The Hall–Kier alpha value is -0.900. The van der Waals surface area contributed by atoms with E-state index in [-0.39, 0.29) is 6.42 Å². The van der Waals surface area contributed by atoms with E-state index >= 15 is 0 Å². The van der Waals surface area contributed by atoms with Crippen molar-refractivity contribution < 1.29 is 9.53 Å². The Kier molecular flexibility index (Phi) is 5.62. The second-order valence-corrected chi connectivity index (χ2v) is 5.10. The van der Waals surface area contributed by atoms with Gasteiger partial charge < -0.3 is 15.9 Å². The van der Waals surface area contributed by atoms with E-state index in [1.807, 2.05) is 0 Å². The van der Waals surface area contributed by atoms with Gasteiger partial charge in [0.05, 0.1) is 7.11 Å². The van der Waals surface area contributed by atoms with E-state index in [1.165, 1.54) is 45.4 Å². The van der Waals surface area contributed by atoms with Crippen molar-refractivity contribution in [2.45, 2.75) is 56.9 Å². The molecule has 4 nitrogen and oxygen atoms in total. The Morgan fingerprint density at radius 2 is 2.12 bits per heavy atom. The van der Waals surface area contributed by atoms with Crippen LogP contribution in [-0.4, -0.2) is 24.8 Å². The Bertz CT molecular complexity index is 262. The average Bonchev–Trinajstić information content (AvgIpc) is 2.37. The van der Waals surface area contributed by atoms with Crippen molar-refractivity contribution in [1.29, 1.82) is 5.41 Å². The standard InChI is InChI=1S/C13H24N2O2/c1-17-12(16)13(15,9-10-14)8-7-11-5-3-2-4-6-11/h10-11,14H,2-9,15H2,1H3/t13-/m1/s1. The summed E-state index contributed by atoms with van der Waals surface area (Å²) in [5.41, 5.74) is 5.06. The van der Waals surface area contributed by atoms with E-state index in [9.17, 15) is 4.79 Å². The van der Waals surface area contributed by atoms with Crippen LogP contribution in [0.3, 0.4) is 0 Å². The molecule has 0 radical (unpaired) electrons. The second-order valence-electron chi connectivity index (χ2n) is 5.10. The van der Waals surface area contributed by atoms with E-state index in [4.69, 9.17) is 15.9 Å². The zero-order valence-corrected chi connectivity index (χ0v) is 10.7. The summed E-state index contributed by atoms with van der Waals surface area (Å²) in [6.45, 7) is 0. The molecule has 0 amide bonds. The topological polar surface area (TPSA) is 76.2 Å². The van der Waals surface area contributed by atoms with Gasteiger partial charge in [0.1, 0.15) is 5.54 Å². The molecular weight excluding hydrogens is 216 g/mol. The molecule has 0 aromatic carbocycles. The molecule has 0 spiro atoms. The number of rotatable bonds is 6. The predicted molar refractivity (Wildman–Crippen MR) is 68.1 cm³/mol. The van der Waals surface area contributed by atoms with Gasteiger partial charge in [0, 0.05) is 6.42 Å². The molecule has 0 aromatic heterocycles. The number of esters is 1. The average molecular weight is 240 g/mol. The first kappa shape index (κ1) is 14.2. The predicted octanol–water partition coefficient (Wildman–Crippen LogP) is 2.26. The van der Waals surface area contributed by atoms with Gasteiger partial charge in [0.2, 0.25) is 0 Å². The zero-order valence-electron chi connectivity index (χ0n) is 10.7. The van der Waals surface area contributed by atoms with Gasteiger partial charge in [-0.25, -0.2) is 0 Å². The summed E-state index contributed by atoms with van der Waals surface area (Å²) in [5.74, 6) is 0.305. The number of hydrogen-bond acceptors (Lipinski definition) is 4. The molecule has 3 N–H and O–H groups in total. The summed E-state index contributed by atoms with van der Waals surface area (Å²) in [5, 5.41) is 7.14. The van der Waals surface area contributed by atoms with Crippen LogP contribution >= 0.6 is 0 Å². The highest BCUT2D eigenvalue weighted by Crippen LogP contribution is 2.29. The van der Waals surface area contributed by atoms with Crippen LogP contribution in [0.4, 0.5) is 0 Å². The van der Waals surface area contributed by atoms with Gasteiger partial charge in [-0.05, 0) is 25.0 Å². The highest BCUT2D eigenvalue weighted by molar-refractivity contribution is 5.83. The molecule has 0 aromatic rings. The first-order valence-corrected chi connectivity index (χ1v) is 6.48. The van der Waals surface area contributed by atoms with Crippen LogP contribution in [0.1, 0.15) is 51.4 Å². The van der Waals surface area contributed by atoms with Gasteiger partial charge in [-0.15, -0.1) is 0 Å². The highest BCUT2D eigenvalue weighted by atomic mass is 16.5. The normalized spacial score (nSPS) is 20.6. The molecule has 0 bridgehead atoms. The first-order valence-electron chi connectivity index (χ1n) is 6.48. The van der Waals surface area contributed by atoms with Crippen molar-refractivity contribution in [3.05, 3.63) is 0 Å². The third kappa shape index (κ3) is 4.11. The van der Waals surface area contributed by atoms with Crippen LogP contribution in [0.25, 0.3) is 0 Å². The van der Waals surface area contributed by atoms with E-state index in [2.05, 4.69) is 0 Å². The minimum absolute atomic E-state index is 0.270. The summed E-state index contributed by atoms with van der Waals surface area (Å²) in [6.07, 6.45) is 9.50. The van der Waals surface area contributed by atoms with Crippen LogP contribution in [-0.2, 0) is 9.53 Å². The number of hydrogen-bond donors (Lipinski definition) is 2. The van der Waals surface area contributed by atoms with Gasteiger partial charge in [0.15, 0.2) is 0 Å². The van der Waals surface area contributed by atoms with Crippen LogP contribution < -0.4 is 5.73 Å². The lowest BCUT2D eigenvalue weighted by Crippen LogP contribution is -2.49. The lowest BCUT2D eigenvalue weighted by atomic mass is 9.81. The Morgan fingerprint density at radius 1 is 1.47 bits per heavy atom. The molecule has 1 atom stereocenters. The molecular formula is C13H24N2O2. The summed E-state index contributed by atoms with van der Waals surface area (Å²) < 4.78 is 4.74. The van der Waals surface area contributed by atoms with Crippen LogP contribution in [0, 0.1) is 11.3 Å². The fourth-order valence-corrected chi connectivity index (χ4v) is 2.61. The fraction of sp³-hybridized carbons (Fsp3) is 0.846. The largest absolute Gasteiger partial charge is 0.468 e. The van der Waals surface area contributed by atoms with Crippen LogP contribution in [0.15, 0.2) is 0 Å². The summed E-state index contributed by atoms with van der Waals surface area (Å²) in [4.78, 5) is 11.6. The Labute approximate surface area is 103 Å². The van der Waals surface area contributed by atoms with Gasteiger partial charge in [-0.2, -0.15) is 0 Å². The fourth-order valence-electron chi connectivity index (χ4n) is 2.61. The SMILES string of the molecule is COC(=O)[C@](N)(CC=N)CCC1CCCCC1. The second kappa shape index (κ2) is 6.74. The number of nitrogens with one attached hydrogen (secondary N) is 1. The monoisotopic (exact) mass is 240 g/mol. The smallest absolute Gasteiger partial charge is 0.326 e. The lowest BCUT2D eigenvalue weighted by molar-refractivity contribution is -0.147. The third-order valence-corrected chi connectivity index (χ3v) is 3.78. The van der Waals surface area contributed by atoms with Crippen molar-refractivity contribution in [2.75, 3.05) is 7.11 Å².